The molecule has 0 amide bonds. The predicted molar refractivity (Wildman–Crippen MR) is 87.6 cm³/mol. The van der Waals surface area contributed by atoms with Crippen LogP contribution in [0.1, 0.15) is 28.3 Å². The van der Waals surface area contributed by atoms with Crippen molar-refractivity contribution in [3.63, 3.8) is 0 Å². The number of aryl methyl sites for hydroxylation is 1. The van der Waals surface area contributed by atoms with E-state index in [4.69, 9.17) is 0 Å². The van der Waals surface area contributed by atoms with Crippen LogP contribution in [-0.2, 0) is 0 Å². The SMILES string of the molecule is CNC(c1ccc(N(C)C)cc1)c1cccc(C)c1C. The van der Waals surface area contributed by atoms with E-state index in [2.05, 4.69) is 80.6 Å². The van der Waals surface area contributed by atoms with Gasteiger partial charge < -0.3 is 10.2 Å². The molecule has 2 rings (SSSR count). The standard InChI is InChI=1S/C18H24N2/c1-13-7-6-8-17(14(13)2)18(19-3)15-9-11-16(12-10-15)20(4)5/h6-12,18-19H,1-5H3. The maximum absolute atomic E-state index is 3.44. The maximum Gasteiger partial charge on any atom is 0.0577 e. The molecule has 0 spiro atoms. The zero-order valence-corrected chi connectivity index (χ0v) is 13.1. The molecule has 0 aliphatic heterocycles. The number of nitrogens with zero attached hydrogens (tertiary/aromatic N) is 1. The normalized spacial score (nSPS) is 12.2. The third-order valence-corrected chi connectivity index (χ3v) is 3.99. The number of hydrogen-bond donors (Lipinski definition) is 1. The van der Waals surface area contributed by atoms with Gasteiger partial charge in [0.2, 0.25) is 0 Å². The molecule has 1 unspecified atom stereocenters. The summed E-state index contributed by atoms with van der Waals surface area (Å²) in [4.78, 5) is 2.12. The first-order chi connectivity index (χ1) is 9.54. The highest BCUT2D eigenvalue weighted by molar-refractivity contribution is 5.48. The minimum Gasteiger partial charge on any atom is -0.378 e. The Morgan fingerprint density at radius 1 is 0.950 bits per heavy atom. The molecule has 2 nitrogen and oxygen atoms in total. The lowest BCUT2D eigenvalue weighted by molar-refractivity contribution is 0.686. The highest BCUT2D eigenvalue weighted by atomic mass is 15.1. The van der Waals surface area contributed by atoms with Gasteiger partial charge >= 0.3 is 0 Å². The van der Waals surface area contributed by atoms with Gasteiger partial charge in [0.05, 0.1) is 6.04 Å². The van der Waals surface area contributed by atoms with E-state index in [0.29, 0.717) is 0 Å². The molecular formula is C18H24N2. The second-order valence-corrected chi connectivity index (χ2v) is 5.50. The van der Waals surface area contributed by atoms with Gasteiger partial charge in [0.1, 0.15) is 0 Å². The summed E-state index contributed by atoms with van der Waals surface area (Å²) in [6.07, 6.45) is 0. The summed E-state index contributed by atoms with van der Waals surface area (Å²) < 4.78 is 0. The van der Waals surface area contributed by atoms with E-state index >= 15 is 0 Å². The van der Waals surface area contributed by atoms with Gasteiger partial charge in [-0.25, -0.2) is 0 Å². The lowest BCUT2D eigenvalue weighted by Crippen LogP contribution is -2.19. The van der Waals surface area contributed by atoms with Crippen LogP contribution in [-0.4, -0.2) is 21.1 Å². The number of nitrogens with one attached hydrogen (secondary N) is 1. The average molecular weight is 268 g/mol. The Morgan fingerprint density at radius 3 is 2.15 bits per heavy atom. The van der Waals surface area contributed by atoms with Crippen LogP contribution in [0.5, 0.6) is 0 Å². The lowest BCUT2D eigenvalue weighted by Gasteiger charge is -2.21. The van der Waals surface area contributed by atoms with Crippen molar-refractivity contribution in [2.45, 2.75) is 19.9 Å². The monoisotopic (exact) mass is 268 g/mol. The van der Waals surface area contributed by atoms with E-state index < -0.39 is 0 Å². The minimum atomic E-state index is 0.242. The number of hydrogen-bond acceptors (Lipinski definition) is 2. The molecule has 106 valence electrons. The van der Waals surface area contributed by atoms with Gasteiger partial charge in [-0.2, -0.15) is 0 Å². The number of benzene rings is 2. The van der Waals surface area contributed by atoms with Gasteiger partial charge in [-0.05, 0) is 55.3 Å². The van der Waals surface area contributed by atoms with Crippen molar-refractivity contribution in [3.8, 4) is 0 Å². The molecule has 2 aromatic carbocycles. The van der Waals surface area contributed by atoms with Crippen molar-refractivity contribution in [2.24, 2.45) is 0 Å². The van der Waals surface area contributed by atoms with Gasteiger partial charge in [0.15, 0.2) is 0 Å². The zero-order chi connectivity index (χ0) is 14.7. The smallest absolute Gasteiger partial charge is 0.0577 e. The molecule has 2 heteroatoms. The van der Waals surface area contributed by atoms with Crippen LogP contribution < -0.4 is 10.2 Å². The molecular weight excluding hydrogens is 244 g/mol. The van der Waals surface area contributed by atoms with Crippen molar-refractivity contribution in [3.05, 3.63) is 64.7 Å². The van der Waals surface area contributed by atoms with Crippen LogP contribution in [0.4, 0.5) is 5.69 Å². The van der Waals surface area contributed by atoms with Gasteiger partial charge in [-0.1, -0.05) is 30.3 Å². The molecule has 0 heterocycles. The van der Waals surface area contributed by atoms with Crippen LogP contribution in [0, 0.1) is 13.8 Å². The zero-order valence-electron chi connectivity index (χ0n) is 13.1. The maximum atomic E-state index is 3.44. The molecule has 0 aliphatic rings. The second-order valence-electron chi connectivity index (χ2n) is 5.50. The summed E-state index contributed by atoms with van der Waals surface area (Å²) in [7, 11) is 6.15. The minimum absolute atomic E-state index is 0.242. The first-order valence-electron chi connectivity index (χ1n) is 7.05. The molecule has 20 heavy (non-hydrogen) atoms. The average Bonchev–Trinajstić information content (AvgIpc) is 2.45. The third-order valence-electron chi connectivity index (χ3n) is 3.99. The van der Waals surface area contributed by atoms with E-state index in [1.54, 1.807) is 0 Å². The van der Waals surface area contributed by atoms with Crippen molar-refractivity contribution >= 4 is 5.69 Å². The highest BCUT2D eigenvalue weighted by Crippen LogP contribution is 2.27. The number of rotatable bonds is 4. The van der Waals surface area contributed by atoms with Gasteiger partial charge in [-0.15, -0.1) is 0 Å². The third kappa shape index (κ3) is 2.86. The van der Waals surface area contributed by atoms with Crippen LogP contribution in [0.15, 0.2) is 42.5 Å². The molecule has 1 atom stereocenters. The van der Waals surface area contributed by atoms with E-state index in [1.165, 1.54) is 27.9 Å². The molecule has 0 aromatic heterocycles. The second kappa shape index (κ2) is 6.10. The molecule has 0 saturated heterocycles. The molecule has 0 radical (unpaired) electrons. The Kier molecular flexibility index (Phi) is 4.46. The molecule has 0 saturated carbocycles. The van der Waals surface area contributed by atoms with Crippen LogP contribution in [0.25, 0.3) is 0 Å². The van der Waals surface area contributed by atoms with Crippen molar-refractivity contribution in [1.29, 1.82) is 0 Å². The Hall–Kier alpha value is -1.80. The first kappa shape index (κ1) is 14.6. The van der Waals surface area contributed by atoms with E-state index in [9.17, 15) is 0 Å². The molecule has 2 aromatic rings. The van der Waals surface area contributed by atoms with Crippen molar-refractivity contribution < 1.29 is 0 Å². The largest absolute Gasteiger partial charge is 0.378 e. The van der Waals surface area contributed by atoms with Gasteiger partial charge in [0.25, 0.3) is 0 Å². The Bertz CT molecular complexity index is 570. The lowest BCUT2D eigenvalue weighted by atomic mass is 9.92. The fraction of sp³-hybridized carbons (Fsp3) is 0.333. The Balaban J connectivity index is 2.39. The quantitative estimate of drug-likeness (QED) is 0.910. The van der Waals surface area contributed by atoms with Crippen molar-refractivity contribution in [2.75, 3.05) is 26.0 Å². The van der Waals surface area contributed by atoms with Crippen molar-refractivity contribution in [1.82, 2.24) is 5.32 Å². The summed E-state index contributed by atoms with van der Waals surface area (Å²) >= 11 is 0. The topological polar surface area (TPSA) is 15.3 Å². The summed E-state index contributed by atoms with van der Waals surface area (Å²) in [5.74, 6) is 0. The Labute approximate surface area is 122 Å². The fourth-order valence-electron chi connectivity index (χ4n) is 2.55. The van der Waals surface area contributed by atoms with E-state index in [-0.39, 0.29) is 6.04 Å². The fourth-order valence-corrected chi connectivity index (χ4v) is 2.55. The van der Waals surface area contributed by atoms with E-state index in [0.717, 1.165) is 0 Å². The summed E-state index contributed by atoms with van der Waals surface area (Å²) in [6.45, 7) is 4.36. The van der Waals surface area contributed by atoms with Gasteiger partial charge in [-0.3, -0.25) is 0 Å². The summed E-state index contributed by atoms with van der Waals surface area (Å²) in [6, 6.07) is 15.5. The van der Waals surface area contributed by atoms with Crippen LogP contribution in [0.3, 0.4) is 0 Å². The summed E-state index contributed by atoms with van der Waals surface area (Å²) in [5, 5.41) is 3.44. The molecule has 0 aliphatic carbocycles. The first-order valence-corrected chi connectivity index (χ1v) is 7.05. The molecule has 1 N–H and O–H groups in total. The molecule has 0 fully saturated rings. The van der Waals surface area contributed by atoms with Crippen LogP contribution >= 0.6 is 0 Å². The number of anilines is 1. The van der Waals surface area contributed by atoms with E-state index in [1.807, 2.05) is 7.05 Å². The Morgan fingerprint density at radius 2 is 1.60 bits per heavy atom. The highest BCUT2D eigenvalue weighted by Gasteiger charge is 2.14. The van der Waals surface area contributed by atoms with Crippen LogP contribution in [0.2, 0.25) is 0 Å². The predicted octanol–water partition coefficient (Wildman–Crippen LogP) is 3.68. The summed E-state index contributed by atoms with van der Waals surface area (Å²) in [5.41, 5.74) is 6.58. The van der Waals surface area contributed by atoms with Gasteiger partial charge in [0, 0.05) is 19.8 Å². The molecule has 0 bridgehead atoms.